The van der Waals surface area contributed by atoms with Crippen LogP contribution in [-0.4, -0.2) is 0 Å². The van der Waals surface area contributed by atoms with E-state index in [-0.39, 0.29) is 10.8 Å². The Kier molecular flexibility index (Phi) is 13.1. The fourth-order valence-corrected chi connectivity index (χ4v) is 5.61. The summed E-state index contributed by atoms with van der Waals surface area (Å²) in [6.45, 7) is 26.8. The first-order valence-electron chi connectivity index (χ1n) is 15.4. The van der Waals surface area contributed by atoms with Crippen molar-refractivity contribution in [1.29, 1.82) is 0 Å². The van der Waals surface area contributed by atoms with Gasteiger partial charge in [-0.2, -0.15) is 0 Å². The Morgan fingerprint density at radius 2 is 1.02 bits per heavy atom. The van der Waals surface area contributed by atoms with Crippen LogP contribution in [0.5, 0.6) is 0 Å². The summed E-state index contributed by atoms with van der Waals surface area (Å²) in [4.78, 5) is 0. The standard InChI is InChI=1S/C41H56/c1-31(19-14-21-33(3)24-26-38-36(6)23-16-29-40(38,8)9)17-12-13-18-32(2)20-15-22-34(4)25-27-39-37(7)35(5)28-30-41(39,10)11/h12-15,17-22,24-27H,5,16,23,28-30H2,1-4,6-11H3. The van der Waals surface area contributed by atoms with Crippen molar-refractivity contribution in [2.45, 2.75) is 101 Å². The van der Waals surface area contributed by atoms with E-state index >= 15 is 0 Å². The van der Waals surface area contributed by atoms with Gasteiger partial charge in [-0.15, -0.1) is 0 Å². The average molecular weight is 549 g/mol. The molecule has 0 spiro atoms. The molecule has 0 aliphatic heterocycles. The molecule has 220 valence electrons. The molecule has 2 aliphatic carbocycles. The Morgan fingerprint density at radius 3 is 1.54 bits per heavy atom. The molecule has 0 heteroatoms. The van der Waals surface area contributed by atoms with Gasteiger partial charge in [-0.1, -0.05) is 153 Å². The number of hydrogen-bond acceptors (Lipinski definition) is 0. The fraction of sp³-hybridized carbons (Fsp3) is 0.415. The normalized spacial score (nSPS) is 21.8. The molecular formula is C41H56. The van der Waals surface area contributed by atoms with Gasteiger partial charge in [-0.3, -0.25) is 0 Å². The zero-order chi connectivity index (χ0) is 30.6. The summed E-state index contributed by atoms with van der Waals surface area (Å²) in [7, 11) is 0. The first kappa shape index (κ1) is 34.1. The second-order valence-electron chi connectivity index (χ2n) is 13.4. The molecule has 0 saturated carbocycles. The predicted molar refractivity (Wildman–Crippen MR) is 186 cm³/mol. The van der Waals surface area contributed by atoms with E-state index < -0.39 is 0 Å². The van der Waals surface area contributed by atoms with Crippen LogP contribution in [0.3, 0.4) is 0 Å². The van der Waals surface area contributed by atoms with Crippen molar-refractivity contribution in [2.75, 3.05) is 0 Å². The first-order valence-corrected chi connectivity index (χ1v) is 15.4. The van der Waals surface area contributed by atoms with E-state index in [0.717, 1.165) is 6.42 Å². The molecule has 2 rings (SSSR count). The highest BCUT2D eigenvalue weighted by Crippen LogP contribution is 2.43. The Hall–Kier alpha value is -3.12. The molecule has 0 aromatic carbocycles. The second-order valence-corrected chi connectivity index (χ2v) is 13.4. The van der Waals surface area contributed by atoms with Gasteiger partial charge in [0.15, 0.2) is 0 Å². The molecule has 0 saturated heterocycles. The smallest absolute Gasteiger partial charge is 0.00977 e. The quantitative estimate of drug-likeness (QED) is 0.238. The lowest BCUT2D eigenvalue weighted by atomic mass is 9.71. The largest absolute Gasteiger partial charge is 0.0956 e. The minimum Gasteiger partial charge on any atom is -0.0956 e. The highest BCUT2D eigenvalue weighted by molar-refractivity contribution is 5.45. The number of hydrogen-bond donors (Lipinski definition) is 0. The Balaban J connectivity index is 1.91. The average Bonchev–Trinajstić information content (AvgIpc) is 2.88. The lowest BCUT2D eigenvalue weighted by Gasteiger charge is -2.34. The highest BCUT2D eigenvalue weighted by atomic mass is 14.3. The van der Waals surface area contributed by atoms with Crippen LogP contribution < -0.4 is 0 Å². The Labute approximate surface area is 253 Å². The molecule has 41 heavy (non-hydrogen) atoms. The highest BCUT2D eigenvalue weighted by Gasteiger charge is 2.28. The minimum atomic E-state index is 0.211. The van der Waals surface area contributed by atoms with Gasteiger partial charge in [-0.05, 0) is 101 Å². The third-order valence-corrected chi connectivity index (χ3v) is 8.55. The molecule has 0 atom stereocenters. The van der Waals surface area contributed by atoms with Crippen molar-refractivity contribution < 1.29 is 0 Å². The van der Waals surface area contributed by atoms with Crippen LogP contribution in [0.15, 0.2) is 142 Å². The van der Waals surface area contributed by atoms with Gasteiger partial charge >= 0.3 is 0 Å². The Bertz CT molecular complexity index is 1290. The molecular weight excluding hydrogens is 492 g/mol. The third-order valence-electron chi connectivity index (χ3n) is 8.55. The molecule has 0 radical (unpaired) electrons. The predicted octanol–water partition coefficient (Wildman–Crippen LogP) is 12.8. The fourth-order valence-electron chi connectivity index (χ4n) is 5.61. The van der Waals surface area contributed by atoms with Gasteiger partial charge in [0.05, 0.1) is 0 Å². The van der Waals surface area contributed by atoms with E-state index in [4.69, 9.17) is 0 Å². The molecule has 0 heterocycles. The summed E-state index contributed by atoms with van der Waals surface area (Å²) in [5.41, 5.74) is 12.6. The van der Waals surface area contributed by atoms with E-state index in [2.05, 4.69) is 161 Å². The first-order chi connectivity index (χ1) is 19.2. The number of allylic oxidation sites excluding steroid dienone is 23. The maximum atomic E-state index is 4.25. The van der Waals surface area contributed by atoms with E-state index in [0.29, 0.717) is 0 Å². The van der Waals surface area contributed by atoms with Crippen LogP contribution in [0.1, 0.15) is 101 Å². The van der Waals surface area contributed by atoms with E-state index in [9.17, 15) is 0 Å². The zero-order valence-electron chi connectivity index (χ0n) is 27.8. The maximum Gasteiger partial charge on any atom is -0.00977 e. The summed E-state index contributed by atoms with van der Waals surface area (Å²) in [6, 6.07) is 0. The summed E-state index contributed by atoms with van der Waals surface area (Å²) in [5, 5.41) is 0. The van der Waals surface area contributed by atoms with E-state index in [1.165, 1.54) is 70.3 Å². The number of rotatable bonds is 10. The van der Waals surface area contributed by atoms with Crippen LogP contribution in [-0.2, 0) is 0 Å². The summed E-state index contributed by atoms with van der Waals surface area (Å²) in [6.07, 6.45) is 36.7. The molecule has 0 aromatic heterocycles. The van der Waals surface area contributed by atoms with Crippen molar-refractivity contribution in [1.82, 2.24) is 0 Å². The van der Waals surface area contributed by atoms with Crippen molar-refractivity contribution in [2.24, 2.45) is 10.8 Å². The summed E-state index contributed by atoms with van der Waals surface area (Å²) >= 11 is 0. The van der Waals surface area contributed by atoms with Crippen molar-refractivity contribution in [3.8, 4) is 0 Å². The third kappa shape index (κ3) is 11.3. The van der Waals surface area contributed by atoms with Gasteiger partial charge in [-0.25, -0.2) is 0 Å². The minimum absolute atomic E-state index is 0.211. The second kappa shape index (κ2) is 15.8. The molecule has 0 amide bonds. The van der Waals surface area contributed by atoms with Gasteiger partial charge in [0.1, 0.15) is 0 Å². The molecule has 0 fully saturated rings. The van der Waals surface area contributed by atoms with Crippen molar-refractivity contribution in [3.05, 3.63) is 142 Å². The lowest BCUT2D eigenvalue weighted by molar-refractivity contribution is 0.377. The van der Waals surface area contributed by atoms with Crippen LogP contribution in [0.2, 0.25) is 0 Å². The van der Waals surface area contributed by atoms with Crippen LogP contribution in [0, 0.1) is 10.8 Å². The van der Waals surface area contributed by atoms with Gasteiger partial charge < -0.3 is 0 Å². The van der Waals surface area contributed by atoms with Gasteiger partial charge in [0.2, 0.25) is 0 Å². The van der Waals surface area contributed by atoms with Crippen molar-refractivity contribution >= 4 is 0 Å². The topological polar surface area (TPSA) is 0 Å². The lowest BCUT2D eigenvalue weighted by Crippen LogP contribution is -2.20. The van der Waals surface area contributed by atoms with Crippen LogP contribution >= 0.6 is 0 Å². The van der Waals surface area contributed by atoms with Crippen LogP contribution in [0.4, 0.5) is 0 Å². The zero-order valence-corrected chi connectivity index (χ0v) is 27.8. The maximum absolute atomic E-state index is 4.25. The molecule has 0 aromatic rings. The van der Waals surface area contributed by atoms with E-state index in [1.54, 1.807) is 5.57 Å². The van der Waals surface area contributed by atoms with Crippen LogP contribution in [0.25, 0.3) is 0 Å². The molecule has 0 N–H and O–H groups in total. The van der Waals surface area contributed by atoms with E-state index in [1.807, 2.05) is 0 Å². The summed E-state index contributed by atoms with van der Waals surface area (Å²) < 4.78 is 0. The van der Waals surface area contributed by atoms with Crippen molar-refractivity contribution in [3.63, 3.8) is 0 Å². The molecule has 0 unspecified atom stereocenters. The molecule has 0 bridgehead atoms. The summed E-state index contributed by atoms with van der Waals surface area (Å²) in [5.74, 6) is 0. The molecule has 0 nitrogen and oxygen atoms in total. The van der Waals surface area contributed by atoms with Gasteiger partial charge in [0, 0.05) is 0 Å². The monoisotopic (exact) mass is 548 g/mol. The Morgan fingerprint density at radius 1 is 0.585 bits per heavy atom. The molecule has 2 aliphatic rings. The van der Waals surface area contributed by atoms with Gasteiger partial charge in [0.25, 0.3) is 0 Å². The SMILES string of the molecule is C=C1CCC(C)(C)C(C=CC(C)=CC=CC(C)=CC=CC=C(C)C=CC=C(C)C=CC2=C(C)CCCC2(C)C)=C1C.